The predicted octanol–water partition coefficient (Wildman–Crippen LogP) is 0.0254. The second kappa shape index (κ2) is 5.17. The third-order valence-corrected chi connectivity index (χ3v) is 3.11. The van der Waals surface area contributed by atoms with E-state index in [-0.39, 0.29) is 36.6 Å². The molecule has 0 spiro atoms. The number of carbonyl (C=O) groups excluding carboxylic acids is 2. The summed E-state index contributed by atoms with van der Waals surface area (Å²) >= 11 is 1.33. The number of carbonyl (C=O) groups is 2. The summed E-state index contributed by atoms with van der Waals surface area (Å²) in [6.07, 6.45) is 1.78. The lowest BCUT2D eigenvalue weighted by Crippen LogP contribution is -2.31. The van der Waals surface area contributed by atoms with Crippen LogP contribution >= 0.6 is 11.8 Å². The number of aliphatic hydroxyl groups is 1. The summed E-state index contributed by atoms with van der Waals surface area (Å²) in [5, 5.41) is 8.29. The van der Waals surface area contributed by atoms with Crippen molar-refractivity contribution in [2.45, 2.75) is 11.7 Å². The first-order valence-corrected chi connectivity index (χ1v) is 5.43. The van der Waals surface area contributed by atoms with Gasteiger partial charge in [-0.15, -0.1) is 18.3 Å². The van der Waals surface area contributed by atoms with Gasteiger partial charge in [0.25, 0.3) is 0 Å². The molecule has 14 heavy (non-hydrogen) atoms. The van der Waals surface area contributed by atoms with Gasteiger partial charge in [0.05, 0.1) is 11.9 Å². The van der Waals surface area contributed by atoms with Gasteiger partial charge in [-0.2, -0.15) is 0 Å². The highest BCUT2D eigenvalue weighted by molar-refractivity contribution is 8.00. The highest BCUT2D eigenvalue weighted by Crippen LogP contribution is 2.24. The number of hydrogen-bond acceptors (Lipinski definition) is 4. The van der Waals surface area contributed by atoms with Crippen LogP contribution < -0.4 is 0 Å². The van der Waals surface area contributed by atoms with Crippen molar-refractivity contribution in [3.8, 4) is 0 Å². The molecule has 0 saturated carbocycles. The van der Waals surface area contributed by atoms with Crippen molar-refractivity contribution in [1.82, 2.24) is 4.90 Å². The molecule has 1 aliphatic rings. The van der Waals surface area contributed by atoms with Crippen molar-refractivity contribution < 1.29 is 14.7 Å². The Hall–Kier alpha value is -0.810. The summed E-state index contributed by atoms with van der Waals surface area (Å²) in [5.74, 6) is 0.185. The van der Waals surface area contributed by atoms with Gasteiger partial charge in [0.1, 0.15) is 0 Å². The standard InChI is InChI=1S/C9H13NO3S/c1-2-3-10-8(12)6-7(9(10)13)14-5-4-11/h2,7,11H,1,3-6H2. The molecule has 1 N–H and O–H groups in total. The summed E-state index contributed by atoms with van der Waals surface area (Å²) in [6, 6.07) is 0. The molecule has 0 aromatic rings. The first-order valence-electron chi connectivity index (χ1n) is 4.38. The van der Waals surface area contributed by atoms with Crippen LogP contribution in [0.2, 0.25) is 0 Å². The second-order valence-electron chi connectivity index (χ2n) is 2.92. The van der Waals surface area contributed by atoms with Crippen molar-refractivity contribution in [3.63, 3.8) is 0 Å². The van der Waals surface area contributed by atoms with Crippen LogP contribution in [0.25, 0.3) is 0 Å². The minimum Gasteiger partial charge on any atom is -0.396 e. The molecule has 1 atom stereocenters. The third-order valence-electron chi connectivity index (χ3n) is 1.92. The quantitative estimate of drug-likeness (QED) is 0.519. The summed E-state index contributed by atoms with van der Waals surface area (Å²) in [5.41, 5.74) is 0. The molecule has 1 fully saturated rings. The highest BCUT2D eigenvalue weighted by atomic mass is 32.2. The number of likely N-dealkylation sites (tertiary alicyclic amines) is 1. The summed E-state index contributed by atoms with van der Waals surface area (Å²) in [6.45, 7) is 3.80. The zero-order valence-electron chi connectivity index (χ0n) is 7.81. The molecule has 1 unspecified atom stereocenters. The molecule has 0 aromatic carbocycles. The van der Waals surface area contributed by atoms with E-state index in [0.717, 1.165) is 0 Å². The first kappa shape index (κ1) is 11.3. The van der Waals surface area contributed by atoms with E-state index < -0.39 is 0 Å². The van der Waals surface area contributed by atoms with Crippen molar-refractivity contribution in [3.05, 3.63) is 12.7 Å². The zero-order valence-corrected chi connectivity index (χ0v) is 8.63. The fourth-order valence-electron chi connectivity index (χ4n) is 1.30. The molecule has 5 heteroatoms. The highest BCUT2D eigenvalue weighted by Gasteiger charge is 2.37. The van der Waals surface area contributed by atoms with Gasteiger partial charge in [0, 0.05) is 18.7 Å². The van der Waals surface area contributed by atoms with Gasteiger partial charge in [0.15, 0.2) is 0 Å². The topological polar surface area (TPSA) is 57.6 Å². The molecule has 1 saturated heterocycles. The molecule has 0 bridgehead atoms. The van der Waals surface area contributed by atoms with Gasteiger partial charge < -0.3 is 5.11 Å². The van der Waals surface area contributed by atoms with E-state index in [1.54, 1.807) is 0 Å². The van der Waals surface area contributed by atoms with E-state index in [9.17, 15) is 9.59 Å². The van der Waals surface area contributed by atoms with E-state index in [4.69, 9.17) is 5.11 Å². The van der Waals surface area contributed by atoms with E-state index in [0.29, 0.717) is 5.75 Å². The lowest BCUT2D eigenvalue weighted by Gasteiger charge is -2.11. The minimum atomic E-state index is -0.311. The molecule has 0 radical (unpaired) electrons. The van der Waals surface area contributed by atoms with Crippen LogP contribution in [0.4, 0.5) is 0 Å². The zero-order chi connectivity index (χ0) is 10.6. The number of thioether (sulfide) groups is 1. The molecular formula is C9H13NO3S. The van der Waals surface area contributed by atoms with Crippen LogP contribution in [0.1, 0.15) is 6.42 Å². The van der Waals surface area contributed by atoms with Crippen molar-refractivity contribution in [2.75, 3.05) is 18.9 Å². The molecule has 1 aliphatic heterocycles. The molecular weight excluding hydrogens is 202 g/mol. The minimum absolute atomic E-state index is 0.0318. The summed E-state index contributed by atoms with van der Waals surface area (Å²) < 4.78 is 0. The normalized spacial score (nSPS) is 21.8. The Kier molecular flexibility index (Phi) is 4.16. The largest absolute Gasteiger partial charge is 0.396 e. The Bertz CT molecular complexity index is 254. The van der Waals surface area contributed by atoms with E-state index in [2.05, 4.69) is 6.58 Å². The molecule has 0 aromatic heterocycles. The van der Waals surface area contributed by atoms with Crippen molar-refractivity contribution in [2.24, 2.45) is 0 Å². The predicted molar refractivity (Wildman–Crippen MR) is 54.9 cm³/mol. The lowest BCUT2D eigenvalue weighted by atomic mass is 10.4. The van der Waals surface area contributed by atoms with Crippen LogP contribution in [0.15, 0.2) is 12.7 Å². The summed E-state index contributed by atoms with van der Waals surface area (Å²) in [7, 11) is 0. The number of imide groups is 1. The maximum atomic E-state index is 11.6. The Balaban J connectivity index is 2.55. The molecule has 1 heterocycles. The van der Waals surface area contributed by atoms with Gasteiger partial charge in [0.2, 0.25) is 11.8 Å². The Morgan fingerprint density at radius 2 is 2.36 bits per heavy atom. The van der Waals surface area contributed by atoms with E-state index >= 15 is 0 Å². The van der Waals surface area contributed by atoms with Crippen molar-refractivity contribution in [1.29, 1.82) is 0 Å². The monoisotopic (exact) mass is 215 g/mol. The molecule has 1 rings (SSSR count). The lowest BCUT2D eigenvalue weighted by molar-refractivity contribution is -0.137. The Morgan fingerprint density at radius 3 is 2.93 bits per heavy atom. The number of nitrogens with zero attached hydrogens (tertiary/aromatic N) is 1. The molecule has 2 amide bonds. The van der Waals surface area contributed by atoms with Gasteiger partial charge in [-0.25, -0.2) is 0 Å². The van der Waals surface area contributed by atoms with Gasteiger partial charge in [-0.05, 0) is 0 Å². The van der Waals surface area contributed by atoms with Crippen molar-refractivity contribution >= 4 is 23.6 Å². The number of amides is 2. The summed E-state index contributed by atoms with van der Waals surface area (Å²) in [4.78, 5) is 24.1. The number of rotatable bonds is 5. The van der Waals surface area contributed by atoms with Crippen LogP contribution in [-0.2, 0) is 9.59 Å². The van der Waals surface area contributed by atoms with Crippen LogP contribution in [0.5, 0.6) is 0 Å². The van der Waals surface area contributed by atoms with Gasteiger partial charge >= 0.3 is 0 Å². The Labute approximate surface area is 87.0 Å². The molecule has 78 valence electrons. The average molecular weight is 215 g/mol. The first-order chi connectivity index (χ1) is 6.70. The second-order valence-corrected chi connectivity index (χ2v) is 4.23. The fraction of sp³-hybridized carbons (Fsp3) is 0.556. The van der Waals surface area contributed by atoms with Crippen LogP contribution in [0.3, 0.4) is 0 Å². The number of hydrogen-bond donors (Lipinski definition) is 1. The van der Waals surface area contributed by atoms with Gasteiger partial charge in [-0.1, -0.05) is 6.08 Å². The Morgan fingerprint density at radius 1 is 1.64 bits per heavy atom. The smallest absolute Gasteiger partial charge is 0.243 e. The number of aliphatic hydroxyl groups excluding tert-OH is 1. The molecule has 4 nitrogen and oxygen atoms in total. The van der Waals surface area contributed by atoms with Gasteiger partial charge in [-0.3, -0.25) is 14.5 Å². The maximum absolute atomic E-state index is 11.6. The van der Waals surface area contributed by atoms with Crippen LogP contribution in [0, 0.1) is 0 Å². The molecule has 0 aliphatic carbocycles. The third kappa shape index (κ3) is 2.36. The fourth-order valence-corrected chi connectivity index (χ4v) is 2.22. The average Bonchev–Trinajstić information content (AvgIpc) is 2.43. The van der Waals surface area contributed by atoms with E-state index in [1.165, 1.54) is 22.7 Å². The maximum Gasteiger partial charge on any atom is 0.243 e. The SMILES string of the molecule is C=CCN1C(=O)CC(SCCO)C1=O. The van der Waals surface area contributed by atoms with Crippen LogP contribution in [-0.4, -0.2) is 46.0 Å². The van der Waals surface area contributed by atoms with E-state index in [1.807, 2.05) is 0 Å².